The molecule has 1 fully saturated rings. The predicted molar refractivity (Wildman–Crippen MR) is 136 cm³/mol. The van der Waals surface area contributed by atoms with E-state index in [1.54, 1.807) is 11.8 Å². The van der Waals surface area contributed by atoms with Gasteiger partial charge in [-0.1, -0.05) is 54.2 Å². The minimum atomic E-state index is 0.124. The zero-order chi connectivity index (χ0) is 22.7. The smallest absolute Gasteiger partial charge is 0.206 e. The number of allylic oxidation sites excluding steroid dienone is 1. The number of aromatic nitrogens is 4. The first-order chi connectivity index (χ1) is 16.7. The van der Waals surface area contributed by atoms with E-state index in [2.05, 4.69) is 69.5 Å². The molecule has 1 saturated heterocycles. The molecule has 4 aromatic rings. The lowest BCUT2D eigenvalue weighted by atomic mass is 9.73. The molecule has 0 amide bonds. The third kappa shape index (κ3) is 3.26. The number of hydrogen-bond donors (Lipinski definition) is 2. The van der Waals surface area contributed by atoms with Gasteiger partial charge in [-0.2, -0.15) is 4.98 Å². The van der Waals surface area contributed by atoms with Gasteiger partial charge in [0.15, 0.2) is 11.3 Å². The van der Waals surface area contributed by atoms with Crippen LogP contribution in [0.25, 0.3) is 17.4 Å². The van der Waals surface area contributed by atoms with Crippen molar-refractivity contribution in [3.63, 3.8) is 0 Å². The third-order valence-corrected chi connectivity index (χ3v) is 8.69. The van der Waals surface area contributed by atoms with Crippen LogP contribution in [0.3, 0.4) is 0 Å². The molecule has 2 aromatic heterocycles. The number of rotatable bonds is 3. The number of fused-ring (bicyclic) bond motifs is 3. The van der Waals surface area contributed by atoms with E-state index in [1.807, 2.05) is 6.20 Å². The number of anilines is 1. The van der Waals surface area contributed by atoms with E-state index in [9.17, 15) is 0 Å². The van der Waals surface area contributed by atoms with E-state index in [4.69, 9.17) is 15.7 Å². The van der Waals surface area contributed by atoms with Gasteiger partial charge in [-0.15, -0.1) is 0 Å². The molecular formula is C27H26N6S. The summed E-state index contributed by atoms with van der Waals surface area (Å²) in [5.74, 6) is 0.861. The molecule has 0 bridgehead atoms. The minimum absolute atomic E-state index is 0.124. The Balaban J connectivity index is 1.08. The van der Waals surface area contributed by atoms with Crippen LogP contribution in [0.15, 0.2) is 64.7 Å². The highest BCUT2D eigenvalue weighted by molar-refractivity contribution is 7.99. The summed E-state index contributed by atoms with van der Waals surface area (Å²) < 4.78 is 0. The Kier molecular flexibility index (Phi) is 4.57. The van der Waals surface area contributed by atoms with E-state index >= 15 is 0 Å². The number of benzene rings is 2. The summed E-state index contributed by atoms with van der Waals surface area (Å²) in [5.41, 5.74) is 13.8. The maximum atomic E-state index is 6.74. The highest BCUT2D eigenvalue weighted by Crippen LogP contribution is 2.50. The number of hydrogen-bond acceptors (Lipinski definition) is 6. The monoisotopic (exact) mass is 466 g/mol. The molecule has 1 spiro atoms. The van der Waals surface area contributed by atoms with Gasteiger partial charge in [0.25, 0.3) is 0 Å². The van der Waals surface area contributed by atoms with Crippen molar-refractivity contribution in [1.82, 2.24) is 19.9 Å². The molecule has 34 heavy (non-hydrogen) atoms. The van der Waals surface area contributed by atoms with Crippen LogP contribution in [0, 0.1) is 5.41 Å². The second-order valence-electron chi connectivity index (χ2n) is 9.71. The zero-order valence-electron chi connectivity index (χ0n) is 18.9. The van der Waals surface area contributed by atoms with Crippen molar-refractivity contribution in [1.29, 1.82) is 0 Å². The third-order valence-electron chi connectivity index (χ3n) is 7.80. The van der Waals surface area contributed by atoms with E-state index < -0.39 is 0 Å². The average molecular weight is 467 g/mol. The maximum Gasteiger partial charge on any atom is 0.206 e. The molecule has 7 rings (SSSR count). The summed E-state index contributed by atoms with van der Waals surface area (Å²) in [7, 11) is 0. The number of aromatic amines is 1. The second-order valence-corrected chi connectivity index (χ2v) is 10.8. The number of nitrogens with zero attached hydrogens (tertiary/aromatic N) is 4. The summed E-state index contributed by atoms with van der Waals surface area (Å²) in [6, 6.07) is 15.4. The molecule has 2 aromatic carbocycles. The van der Waals surface area contributed by atoms with Crippen molar-refractivity contribution in [3.8, 4) is 0 Å². The molecule has 7 heteroatoms. The SMILES string of the molecule is N[C@@H]1c2ccccc2CC12CCN(c1nc3ncc(Sc4ccc5c(c4)CC=C5)nc3[nH]1)CC2. The van der Waals surface area contributed by atoms with Crippen molar-refractivity contribution in [3.05, 3.63) is 77.0 Å². The first-order valence-corrected chi connectivity index (χ1v) is 12.8. The molecule has 2 aliphatic carbocycles. The van der Waals surface area contributed by atoms with Crippen molar-refractivity contribution in [2.45, 2.75) is 41.6 Å². The summed E-state index contributed by atoms with van der Waals surface area (Å²) in [6.07, 6.45) is 10.4. The number of H-pyrrole nitrogens is 1. The normalized spacial score (nSPS) is 20.3. The van der Waals surface area contributed by atoms with Crippen LogP contribution in [0.1, 0.15) is 41.1 Å². The van der Waals surface area contributed by atoms with E-state index in [1.165, 1.54) is 27.1 Å². The van der Waals surface area contributed by atoms with E-state index in [0.29, 0.717) is 5.65 Å². The van der Waals surface area contributed by atoms with Crippen LogP contribution >= 0.6 is 11.8 Å². The highest BCUT2D eigenvalue weighted by atomic mass is 32.2. The van der Waals surface area contributed by atoms with Crippen LogP contribution < -0.4 is 10.6 Å². The molecule has 6 nitrogen and oxygen atoms in total. The highest BCUT2D eigenvalue weighted by Gasteiger charge is 2.46. The van der Waals surface area contributed by atoms with Gasteiger partial charge in [0.2, 0.25) is 5.95 Å². The van der Waals surface area contributed by atoms with Crippen LogP contribution in [-0.2, 0) is 12.8 Å². The number of nitrogens with two attached hydrogens (primary N) is 1. The van der Waals surface area contributed by atoms with Gasteiger partial charge in [-0.25, -0.2) is 9.97 Å². The van der Waals surface area contributed by atoms with Gasteiger partial charge >= 0.3 is 0 Å². The Hall–Kier alpha value is -3.16. The molecule has 0 radical (unpaired) electrons. The molecule has 170 valence electrons. The van der Waals surface area contributed by atoms with Gasteiger partial charge < -0.3 is 15.6 Å². The number of imidazole rings is 1. The molecule has 0 saturated carbocycles. The van der Waals surface area contributed by atoms with Crippen molar-refractivity contribution in [2.75, 3.05) is 18.0 Å². The van der Waals surface area contributed by atoms with Gasteiger partial charge in [0.1, 0.15) is 5.03 Å². The second kappa shape index (κ2) is 7.68. The summed E-state index contributed by atoms with van der Waals surface area (Å²) in [5, 5.41) is 0.876. The first kappa shape index (κ1) is 20.2. The van der Waals surface area contributed by atoms with Crippen LogP contribution in [0.5, 0.6) is 0 Å². The topological polar surface area (TPSA) is 83.7 Å². The van der Waals surface area contributed by atoms with Crippen LogP contribution in [0.2, 0.25) is 0 Å². The van der Waals surface area contributed by atoms with Crippen molar-refractivity contribution < 1.29 is 0 Å². The summed E-state index contributed by atoms with van der Waals surface area (Å²) >= 11 is 1.64. The van der Waals surface area contributed by atoms with Crippen LogP contribution in [0.4, 0.5) is 5.95 Å². The molecule has 1 atom stereocenters. The van der Waals surface area contributed by atoms with Gasteiger partial charge in [0, 0.05) is 24.0 Å². The Bertz CT molecular complexity index is 1430. The van der Waals surface area contributed by atoms with E-state index in [-0.39, 0.29) is 11.5 Å². The minimum Gasteiger partial charge on any atom is -0.342 e. The molecule has 0 unspecified atom stereocenters. The Morgan fingerprint density at radius 1 is 1.06 bits per heavy atom. The Morgan fingerprint density at radius 3 is 2.82 bits per heavy atom. The first-order valence-electron chi connectivity index (χ1n) is 12.0. The largest absolute Gasteiger partial charge is 0.342 e. The Morgan fingerprint density at radius 2 is 1.94 bits per heavy atom. The average Bonchev–Trinajstić information content (AvgIpc) is 3.56. The Labute approximate surface area is 202 Å². The molecule has 1 aliphatic heterocycles. The standard InChI is InChI=1S/C27H26N6S/c28-23-21-7-2-1-4-19(21)15-27(23)10-12-33(13-11-27)26-31-24-25(32-26)30-22(16-29-24)34-20-9-8-17-5-3-6-18(17)14-20/h1-5,7-9,14,16,23H,6,10-13,15,28H2,(H,29,30,31,32)/t23-/m1/s1. The fourth-order valence-electron chi connectivity index (χ4n) is 5.85. The lowest BCUT2D eigenvalue weighted by Gasteiger charge is -2.42. The van der Waals surface area contributed by atoms with Crippen LogP contribution in [-0.4, -0.2) is 33.0 Å². The fraction of sp³-hybridized carbons (Fsp3) is 0.296. The van der Waals surface area contributed by atoms with Gasteiger partial charge in [-0.3, -0.25) is 0 Å². The van der Waals surface area contributed by atoms with Crippen molar-refractivity contribution >= 4 is 35.1 Å². The lowest BCUT2D eigenvalue weighted by Crippen LogP contribution is -2.44. The van der Waals surface area contributed by atoms with Gasteiger partial charge in [-0.05, 0) is 65.5 Å². The maximum absolute atomic E-state index is 6.74. The zero-order valence-corrected chi connectivity index (χ0v) is 19.7. The van der Waals surface area contributed by atoms with Gasteiger partial charge in [0.05, 0.1) is 6.20 Å². The summed E-state index contributed by atoms with van der Waals surface area (Å²) in [4.78, 5) is 21.1. The molecule has 3 aliphatic rings. The molecular weight excluding hydrogens is 440 g/mol. The van der Waals surface area contributed by atoms with Crippen molar-refractivity contribution in [2.24, 2.45) is 11.1 Å². The number of piperidine rings is 1. The number of nitrogens with one attached hydrogen (secondary N) is 1. The van der Waals surface area contributed by atoms with E-state index in [0.717, 1.165) is 55.4 Å². The lowest BCUT2D eigenvalue weighted by molar-refractivity contribution is 0.187. The molecule has 3 N–H and O–H groups in total. The summed E-state index contributed by atoms with van der Waals surface area (Å²) in [6.45, 7) is 1.87. The molecule has 3 heterocycles. The quantitative estimate of drug-likeness (QED) is 0.446. The predicted octanol–water partition coefficient (Wildman–Crippen LogP) is 4.92. The fourth-order valence-corrected chi connectivity index (χ4v) is 6.67.